The van der Waals surface area contributed by atoms with Crippen LogP contribution in [-0.2, 0) is 6.54 Å². The van der Waals surface area contributed by atoms with Crippen LogP contribution in [0.4, 0.5) is 5.13 Å². The number of nitrogens with one attached hydrogen (secondary N) is 1. The number of benzene rings is 2. The molecule has 29 heavy (non-hydrogen) atoms. The lowest BCUT2D eigenvalue weighted by Crippen LogP contribution is -2.14. The van der Waals surface area contributed by atoms with Crippen molar-refractivity contribution < 1.29 is 4.79 Å². The first-order chi connectivity index (χ1) is 14.0. The van der Waals surface area contributed by atoms with E-state index in [2.05, 4.69) is 46.6 Å². The van der Waals surface area contributed by atoms with E-state index < -0.39 is 0 Å². The first-order valence-electron chi connectivity index (χ1n) is 9.43. The maximum Gasteiger partial charge on any atom is 0.261 e. The highest BCUT2D eigenvalue weighted by Crippen LogP contribution is 2.25. The molecule has 0 aliphatic rings. The molecule has 0 aliphatic carbocycles. The molecular weight excluding hydrogens is 380 g/mol. The van der Waals surface area contributed by atoms with Gasteiger partial charge in [-0.05, 0) is 26.3 Å². The van der Waals surface area contributed by atoms with Crippen LogP contribution >= 0.6 is 11.3 Å². The number of aryl methyl sites for hydroxylation is 2. The molecule has 2 heterocycles. The largest absolute Gasteiger partial charge is 0.298 e. The van der Waals surface area contributed by atoms with Crippen LogP contribution in [0.5, 0.6) is 0 Å². The second kappa shape index (κ2) is 8.01. The molecule has 2 aromatic carbocycles. The normalized spacial score (nSPS) is 10.9. The zero-order valence-corrected chi connectivity index (χ0v) is 17.5. The number of aromatic nitrogens is 3. The Labute approximate surface area is 174 Å². The van der Waals surface area contributed by atoms with Gasteiger partial charge in [0.15, 0.2) is 5.13 Å². The molecule has 0 aliphatic heterocycles. The minimum Gasteiger partial charge on any atom is -0.298 e. The standard InChI is InChI=1S/C23H22N4OS/c1-15-9-11-18(12-10-15)13-27-17(3)21(16(2)26-27)22(28)25-23-24-20(14-29-23)19-7-5-4-6-8-19/h4-12,14H,13H2,1-3H3,(H,24,25,28). The van der Waals surface area contributed by atoms with Gasteiger partial charge in [0.25, 0.3) is 5.91 Å². The lowest BCUT2D eigenvalue weighted by molar-refractivity contribution is 0.102. The maximum atomic E-state index is 12.9. The fourth-order valence-corrected chi connectivity index (χ4v) is 3.99. The number of nitrogens with zero attached hydrogens (tertiary/aromatic N) is 3. The van der Waals surface area contributed by atoms with Crippen molar-refractivity contribution >= 4 is 22.4 Å². The Hall–Kier alpha value is -3.25. The minimum absolute atomic E-state index is 0.177. The Morgan fingerprint density at radius 3 is 2.48 bits per heavy atom. The number of amides is 1. The van der Waals surface area contributed by atoms with Crippen molar-refractivity contribution in [1.29, 1.82) is 0 Å². The Morgan fingerprint density at radius 1 is 1.03 bits per heavy atom. The number of carbonyl (C=O) groups excluding carboxylic acids is 1. The lowest BCUT2D eigenvalue weighted by Gasteiger charge is -2.06. The lowest BCUT2D eigenvalue weighted by atomic mass is 10.1. The average Bonchev–Trinajstić information content (AvgIpc) is 3.28. The molecule has 5 nitrogen and oxygen atoms in total. The molecule has 0 radical (unpaired) electrons. The van der Waals surface area contributed by atoms with Gasteiger partial charge in [-0.25, -0.2) is 4.98 Å². The smallest absolute Gasteiger partial charge is 0.261 e. The van der Waals surface area contributed by atoms with E-state index in [0.29, 0.717) is 22.9 Å². The van der Waals surface area contributed by atoms with Crippen molar-refractivity contribution in [1.82, 2.24) is 14.8 Å². The van der Waals surface area contributed by atoms with Gasteiger partial charge in [0.05, 0.1) is 23.5 Å². The molecule has 0 spiro atoms. The van der Waals surface area contributed by atoms with E-state index in [1.807, 2.05) is 54.2 Å². The fourth-order valence-electron chi connectivity index (χ4n) is 3.28. The Bertz CT molecular complexity index is 1140. The summed E-state index contributed by atoms with van der Waals surface area (Å²) in [6.45, 7) is 6.50. The molecule has 1 N–H and O–H groups in total. The monoisotopic (exact) mass is 402 g/mol. The van der Waals surface area contributed by atoms with Gasteiger partial charge in [0, 0.05) is 16.6 Å². The van der Waals surface area contributed by atoms with Crippen molar-refractivity contribution in [3.05, 3.63) is 88.1 Å². The van der Waals surface area contributed by atoms with Gasteiger partial charge in [0.2, 0.25) is 0 Å². The van der Waals surface area contributed by atoms with E-state index in [9.17, 15) is 4.79 Å². The quantitative estimate of drug-likeness (QED) is 0.497. The SMILES string of the molecule is Cc1ccc(Cn2nc(C)c(C(=O)Nc3nc(-c4ccccc4)cs3)c2C)cc1. The number of carbonyl (C=O) groups is 1. The van der Waals surface area contributed by atoms with Gasteiger partial charge < -0.3 is 0 Å². The van der Waals surface area contributed by atoms with E-state index in [0.717, 1.165) is 22.5 Å². The molecule has 0 unspecified atom stereocenters. The number of anilines is 1. The van der Waals surface area contributed by atoms with Crippen molar-refractivity contribution in [2.75, 3.05) is 5.32 Å². The fraction of sp³-hybridized carbons (Fsp3) is 0.174. The van der Waals surface area contributed by atoms with Gasteiger partial charge in [-0.2, -0.15) is 5.10 Å². The van der Waals surface area contributed by atoms with Gasteiger partial charge in [-0.15, -0.1) is 11.3 Å². The van der Waals surface area contributed by atoms with Crippen LogP contribution in [0, 0.1) is 20.8 Å². The molecule has 4 rings (SSSR count). The zero-order chi connectivity index (χ0) is 20.4. The summed E-state index contributed by atoms with van der Waals surface area (Å²) in [4.78, 5) is 17.5. The highest BCUT2D eigenvalue weighted by atomic mass is 32.1. The molecule has 1 amide bonds. The summed E-state index contributed by atoms with van der Waals surface area (Å²) in [5, 5.41) is 10.0. The third kappa shape index (κ3) is 4.12. The highest BCUT2D eigenvalue weighted by molar-refractivity contribution is 7.14. The van der Waals surface area contributed by atoms with Crippen LogP contribution in [0.1, 0.15) is 32.9 Å². The van der Waals surface area contributed by atoms with Gasteiger partial charge in [-0.3, -0.25) is 14.8 Å². The second-order valence-corrected chi connectivity index (χ2v) is 7.91. The Kier molecular flexibility index (Phi) is 5.27. The maximum absolute atomic E-state index is 12.9. The van der Waals surface area contributed by atoms with Gasteiger partial charge in [-0.1, -0.05) is 60.2 Å². The first kappa shape index (κ1) is 19.1. The molecule has 2 aromatic heterocycles. The molecule has 0 saturated carbocycles. The summed E-state index contributed by atoms with van der Waals surface area (Å²) in [6, 6.07) is 18.3. The van der Waals surface area contributed by atoms with Crippen molar-refractivity contribution in [2.24, 2.45) is 0 Å². The Balaban J connectivity index is 1.52. The van der Waals surface area contributed by atoms with E-state index in [4.69, 9.17) is 0 Å². The summed E-state index contributed by atoms with van der Waals surface area (Å²) in [7, 11) is 0. The van der Waals surface area contributed by atoms with Gasteiger partial charge >= 0.3 is 0 Å². The molecule has 0 bridgehead atoms. The molecule has 0 fully saturated rings. The molecular formula is C23H22N4OS. The third-order valence-electron chi connectivity index (χ3n) is 4.86. The molecule has 146 valence electrons. The summed E-state index contributed by atoms with van der Waals surface area (Å²) < 4.78 is 1.88. The minimum atomic E-state index is -0.177. The van der Waals surface area contributed by atoms with Crippen LogP contribution < -0.4 is 5.32 Å². The Morgan fingerprint density at radius 2 is 1.76 bits per heavy atom. The summed E-state index contributed by atoms with van der Waals surface area (Å²) >= 11 is 1.42. The molecule has 0 atom stereocenters. The number of hydrogen-bond acceptors (Lipinski definition) is 4. The van der Waals surface area contributed by atoms with Crippen LogP contribution in [0.2, 0.25) is 0 Å². The summed E-state index contributed by atoms with van der Waals surface area (Å²) in [5.74, 6) is -0.177. The summed E-state index contributed by atoms with van der Waals surface area (Å²) in [5.41, 5.74) is 6.43. The van der Waals surface area contributed by atoms with Crippen LogP contribution in [0.15, 0.2) is 60.0 Å². The van der Waals surface area contributed by atoms with Crippen molar-refractivity contribution in [3.8, 4) is 11.3 Å². The van der Waals surface area contributed by atoms with Crippen LogP contribution in [0.3, 0.4) is 0 Å². The molecule has 4 aromatic rings. The van der Waals surface area contributed by atoms with Crippen molar-refractivity contribution in [3.63, 3.8) is 0 Å². The zero-order valence-electron chi connectivity index (χ0n) is 16.6. The summed E-state index contributed by atoms with van der Waals surface area (Å²) in [6.07, 6.45) is 0. The van der Waals surface area contributed by atoms with E-state index in [1.165, 1.54) is 16.9 Å². The van der Waals surface area contributed by atoms with Gasteiger partial charge in [0.1, 0.15) is 0 Å². The molecule has 6 heteroatoms. The predicted molar refractivity (Wildman–Crippen MR) is 117 cm³/mol. The topological polar surface area (TPSA) is 59.8 Å². The second-order valence-electron chi connectivity index (χ2n) is 7.05. The first-order valence-corrected chi connectivity index (χ1v) is 10.3. The van der Waals surface area contributed by atoms with E-state index in [1.54, 1.807) is 0 Å². The van der Waals surface area contributed by atoms with E-state index in [-0.39, 0.29) is 5.91 Å². The number of rotatable bonds is 5. The predicted octanol–water partition coefficient (Wildman–Crippen LogP) is 5.23. The van der Waals surface area contributed by atoms with E-state index >= 15 is 0 Å². The van der Waals surface area contributed by atoms with Crippen LogP contribution in [0.25, 0.3) is 11.3 Å². The number of hydrogen-bond donors (Lipinski definition) is 1. The number of thiazole rings is 1. The molecule has 0 saturated heterocycles. The average molecular weight is 403 g/mol. The van der Waals surface area contributed by atoms with Crippen LogP contribution in [-0.4, -0.2) is 20.7 Å². The highest BCUT2D eigenvalue weighted by Gasteiger charge is 2.20. The van der Waals surface area contributed by atoms with Crippen molar-refractivity contribution in [2.45, 2.75) is 27.3 Å². The third-order valence-corrected chi connectivity index (χ3v) is 5.61.